The van der Waals surface area contributed by atoms with Gasteiger partial charge in [0.25, 0.3) is 0 Å². The van der Waals surface area contributed by atoms with Crippen molar-refractivity contribution in [3.05, 3.63) is 0 Å². The monoisotopic (exact) mass is 229 g/mol. The van der Waals surface area contributed by atoms with Crippen molar-refractivity contribution < 1.29 is 0 Å². The maximum absolute atomic E-state index is 5.76. The average Bonchev–Trinajstić information content (AvgIpc) is 2.23. The smallest absolute Gasteiger partial charge is 0.0394 e. The summed E-state index contributed by atoms with van der Waals surface area (Å²) in [6.45, 7) is 9.04. The minimum atomic E-state index is 0.184. The summed E-state index contributed by atoms with van der Waals surface area (Å²) < 4.78 is 0. The molecule has 0 bridgehead atoms. The van der Waals surface area contributed by atoms with Crippen LogP contribution in [0, 0.1) is 5.92 Å². The maximum atomic E-state index is 5.76. The standard InChI is InChI=1S/C13H31N3/c1-7-13(8-2,16(5)6)12(15-14)10-9-11(3)4/h11-12,15H,7-10,14H2,1-6H3. The fourth-order valence-corrected chi connectivity index (χ4v) is 2.69. The molecule has 0 rings (SSSR count). The van der Waals surface area contributed by atoms with Crippen LogP contribution in [0.5, 0.6) is 0 Å². The van der Waals surface area contributed by atoms with E-state index in [-0.39, 0.29) is 5.54 Å². The van der Waals surface area contributed by atoms with E-state index in [0.717, 1.165) is 25.2 Å². The van der Waals surface area contributed by atoms with Crippen LogP contribution in [-0.2, 0) is 0 Å². The first-order valence-electron chi connectivity index (χ1n) is 6.58. The van der Waals surface area contributed by atoms with E-state index >= 15 is 0 Å². The molecule has 1 atom stereocenters. The third-order valence-electron chi connectivity index (χ3n) is 4.00. The molecule has 98 valence electrons. The van der Waals surface area contributed by atoms with E-state index in [9.17, 15) is 0 Å². The third kappa shape index (κ3) is 3.72. The van der Waals surface area contributed by atoms with E-state index in [2.05, 4.69) is 52.1 Å². The van der Waals surface area contributed by atoms with Gasteiger partial charge in [0.15, 0.2) is 0 Å². The van der Waals surface area contributed by atoms with Crippen LogP contribution in [0.25, 0.3) is 0 Å². The van der Waals surface area contributed by atoms with Crippen molar-refractivity contribution in [1.29, 1.82) is 0 Å². The summed E-state index contributed by atoms with van der Waals surface area (Å²) in [6, 6.07) is 0.375. The van der Waals surface area contributed by atoms with Gasteiger partial charge >= 0.3 is 0 Å². The second-order valence-corrected chi connectivity index (χ2v) is 5.40. The van der Waals surface area contributed by atoms with E-state index in [1.807, 2.05) is 0 Å². The Morgan fingerprint density at radius 2 is 1.62 bits per heavy atom. The van der Waals surface area contributed by atoms with E-state index < -0.39 is 0 Å². The summed E-state index contributed by atoms with van der Waals surface area (Å²) in [4.78, 5) is 2.33. The first-order chi connectivity index (χ1) is 7.44. The molecule has 1 unspecified atom stereocenters. The molecule has 0 radical (unpaired) electrons. The normalized spacial score (nSPS) is 14.8. The molecule has 0 saturated carbocycles. The Hall–Kier alpha value is -0.120. The summed E-state index contributed by atoms with van der Waals surface area (Å²) in [7, 11) is 4.32. The highest BCUT2D eigenvalue weighted by molar-refractivity contribution is 4.96. The number of hydrogen-bond acceptors (Lipinski definition) is 3. The zero-order valence-electron chi connectivity index (χ0n) is 12.0. The molecule has 0 aliphatic carbocycles. The molecule has 0 aliphatic heterocycles. The zero-order valence-corrected chi connectivity index (χ0v) is 12.0. The highest BCUT2D eigenvalue weighted by Gasteiger charge is 2.36. The SMILES string of the molecule is CCC(CC)(C(CCC(C)C)NN)N(C)C. The van der Waals surface area contributed by atoms with E-state index in [1.54, 1.807) is 0 Å². The number of likely N-dealkylation sites (N-methyl/N-ethyl adjacent to an activating group) is 1. The molecule has 0 amide bonds. The maximum Gasteiger partial charge on any atom is 0.0394 e. The van der Waals surface area contributed by atoms with Crippen molar-refractivity contribution >= 4 is 0 Å². The zero-order chi connectivity index (χ0) is 12.8. The molecule has 0 saturated heterocycles. The number of nitrogens with two attached hydrogens (primary N) is 1. The van der Waals surface area contributed by atoms with Crippen LogP contribution in [0.1, 0.15) is 53.4 Å². The summed E-state index contributed by atoms with van der Waals surface area (Å²) in [5, 5.41) is 0. The Kier molecular flexibility index (Phi) is 7.20. The largest absolute Gasteiger partial charge is 0.302 e. The van der Waals surface area contributed by atoms with Crippen molar-refractivity contribution in [3.63, 3.8) is 0 Å². The quantitative estimate of drug-likeness (QED) is 0.496. The predicted molar refractivity (Wildman–Crippen MR) is 72.2 cm³/mol. The molecular formula is C13H31N3. The molecular weight excluding hydrogens is 198 g/mol. The van der Waals surface area contributed by atoms with Crippen LogP contribution in [0.3, 0.4) is 0 Å². The molecule has 0 aliphatic rings. The summed E-state index contributed by atoms with van der Waals surface area (Å²) in [5.41, 5.74) is 3.22. The Morgan fingerprint density at radius 3 is 1.88 bits per heavy atom. The van der Waals surface area contributed by atoms with Gasteiger partial charge < -0.3 is 4.90 Å². The van der Waals surface area contributed by atoms with Gasteiger partial charge in [-0.15, -0.1) is 0 Å². The van der Waals surface area contributed by atoms with Crippen LogP contribution in [0.2, 0.25) is 0 Å². The molecule has 3 N–H and O–H groups in total. The number of hydrazine groups is 1. The molecule has 3 heteroatoms. The van der Waals surface area contributed by atoms with Crippen molar-refractivity contribution in [2.24, 2.45) is 11.8 Å². The van der Waals surface area contributed by atoms with Crippen LogP contribution < -0.4 is 11.3 Å². The molecule has 0 aromatic heterocycles. The average molecular weight is 229 g/mol. The van der Waals surface area contributed by atoms with Gasteiger partial charge in [0.05, 0.1) is 0 Å². The van der Waals surface area contributed by atoms with Gasteiger partial charge in [0.2, 0.25) is 0 Å². The third-order valence-corrected chi connectivity index (χ3v) is 4.00. The van der Waals surface area contributed by atoms with E-state index in [0.29, 0.717) is 6.04 Å². The van der Waals surface area contributed by atoms with Crippen molar-refractivity contribution in [2.45, 2.75) is 65.0 Å². The van der Waals surface area contributed by atoms with Crippen molar-refractivity contribution in [3.8, 4) is 0 Å². The lowest BCUT2D eigenvalue weighted by Crippen LogP contribution is -2.60. The Balaban J connectivity index is 4.70. The molecule has 0 aromatic carbocycles. The topological polar surface area (TPSA) is 41.3 Å². The molecule has 16 heavy (non-hydrogen) atoms. The first-order valence-corrected chi connectivity index (χ1v) is 6.58. The Labute approximate surface area is 102 Å². The number of nitrogens with one attached hydrogen (secondary N) is 1. The van der Waals surface area contributed by atoms with Gasteiger partial charge in [0, 0.05) is 11.6 Å². The van der Waals surface area contributed by atoms with Gasteiger partial charge in [-0.05, 0) is 45.7 Å². The van der Waals surface area contributed by atoms with Gasteiger partial charge in [-0.2, -0.15) is 0 Å². The molecule has 0 fully saturated rings. The molecule has 3 nitrogen and oxygen atoms in total. The van der Waals surface area contributed by atoms with Crippen LogP contribution in [-0.4, -0.2) is 30.6 Å². The number of hydrogen-bond donors (Lipinski definition) is 2. The van der Waals surface area contributed by atoms with Gasteiger partial charge in [-0.25, -0.2) is 0 Å². The van der Waals surface area contributed by atoms with E-state index in [4.69, 9.17) is 5.84 Å². The minimum absolute atomic E-state index is 0.184. The summed E-state index contributed by atoms with van der Waals surface area (Å²) >= 11 is 0. The molecule has 0 heterocycles. The lowest BCUT2D eigenvalue weighted by atomic mass is 9.80. The fraction of sp³-hybridized carbons (Fsp3) is 1.00. The second-order valence-electron chi connectivity index (χ2n) is 5.40. The molecule has 0 spiro atoms. The van der Waals surface area contributed by atoms with Crippen LogP contribution >= 0.6 is 0 Å². The Morgan fingerprint density at radius 1 is 1.12 bits per heavy atom. The highest BCUT2D eigenvalue weighted by Crippen LogP contribution is 2.28. The van der Waals surface area contributed by atoms with E-state index in [1.165, 1.54) is 6.42 Å². The van der Waals surface area contributed by atoms with Crippen LogP contribution in [0.15, 0.2) is 0 Å². The lowest BCUT2D eigenvalue weighted by Gasteiger charge is -2.45. The van der Waals surface area contributed by atoms with Gasteiger partial charge in [-0.3, -0.25) is 11.3 Å². The summed E-state index contributed by atoms with van der Waals surface area (Å²) in [6.07, 6.45) is 4.63. The molecule has 0 aromatic rings. The van der Waals surface area contributed by atoms with Gasteiger partial charge in [-0.1, -0.05) is 27.7 Å². The highest BCUT2D eigenvalue weighted by atomic mass is 15.3. The lowest BCUT2D eigenvalue weighted by molar-refractivity contribution is 0.0815. The second kappa shape index (κ2) is 7.25. The van der Waals surface area contributed by atoms with Gasteiger partial charge in [0.1, 0.15) is 0 Å². The van der Waals surface area contributed by atoms with Crippen molar-refractivity contribution in [2.75, 3.05) is 14.1 Å². The number of nitrogens with zero attached hydrogens (tertiary/aromatic N) is 1. The summed E-state index contributed by atoms with van der Waals surface area (Å²) in [5.74, 6) is 6.50. The first kappa shape index (κ1) is 15.9. The fourth-order valence-electron chi connectivity index (χ4n) is 2.69. The minimum Gasteiger partial charge on any atom is -0.302 e. The van der Waals surface area contributed by atoms with Crippen LogP contribution in [0.4, 0.5) is 0 Å². The number of rotatable bonds is 8. The van der Waals surface area contributed by atoms with Crippen molar-refractivity contribution in [1.82, 2.24) is 10.3 Å². The predicted octanol–water partition coefficient (Wildman–Crippen LogP) is 2.37. The Bertz CT molecular complexity index is 174.